The fourth-order valence-corrected chi connectivity index (χ4v) is 2.59. The van der Waals surface area contributed by atoms with Crippen molar-refractivity contribution in [1.29, 1.82) is 0 Å². The Morgan fingerprint density at radius 3 is 2.81 bits per heavy atom. The van der Waals surface area contributed by atoms with Crippen LogP contribution in [0.25, 0.3) is 0 Å². The maximum atomic E-state index is 12.1. The quantitative estimate of drug-likeness (QED) is 0.657. The smallest absolute Gasteiger partial charge is 0.270 e. The molecule has 6 nitrogen and oxygen atoms in total. The number of nitro groups is 1. The lowest BCUT2D eigenvalue weighted by Gasteiger charge is -2.28. The molecule has 1 aliphatic rings. The molecule has 8 heteroatoms. The fourth-order valence-electron chi connectivity index (χ4n) is 2.33. The molecule has 1 aromatic rings. The summed E-state index contributed by atoms with van der Waals surface area (Å²) in [4.78, 5) is 22.2. The zero-order chi connectivity index (χ0) is 14.7. The topological polar surface area (TPSA) is 84.3 Å². The summed E-state index contributed by atoms with van der Waals surface area (Å²) < 4.78 is 0. The van der Waals surface area contributed by atoms with Gasteiger partial charge in [-0.05, 0) is 32.4 Å². The van der Waals surface area contributed by atoms with Gasteiger partial charge >= 0.3 is 0 Å². The van der Waals surface area contributed by atoms with E-state index >= 15 is 0 Å². The van der Waals surface area contributed by atoms with Gasteiger partial charge in [0.2, 0.25) is 0 Å². The zero-order valence-corrected chi connectivity index (χ0v) is 13.0. The van der Waals surface area contributed by atoms with E-state index in [-0.39, 0.29) is 40.6 Å². The van der Waals surface area contributed by atoms with Crippen molar-refractivity contribution in [3.8, 4) is 0 Å². The third-order valence-electron chi connectivity index (χ3n) is 3.37. The molecule has 1 saturated heterocycles. The van der Waals surface area contributed by atoms with Crippen LogP contribution in [0.3, 0.4) is 0 Å². The number of carbonyl (C=O) groups is 1. The van der Waals surface area contributed by atoms with Crippen molar-refractivity contribution < 1.29 is 9.72 Å². The van der Waals surface area contributed by atoms with Crippen molar-refractivity contribution in [2.75, 3.05) is 6.54 Å². The van der Waals surface area contributed by atoms with E-state index in [1.807, 2.05) is 0 Å². The van der Waals surface area contributed by atoms with Gasteiger partial charge in [-0.2, -0.15) is 0 Å². The Morgan fingerprint density at radius 2 is 2.24 bits per heavy atom. The number of nitrogens with one attached hydrogen (secondary N) is 2. The van der Waals surface area contributed by atoms with Gasteiger partial charge in [0, 0.05) is 24.2 Å². The summed E-state index contributed by atoms with van der Waals surface area (Å²) >= 11 is 5.94. The average molecular weight is 334 g/mol. The van der Waals surface area contributed by atoms with E-state index < -0.39 is 4.92 Å². The number of benzene rings is 1. The first-order valence-electron chi connectivity index (χ1n) is 6.45. The molecule has 0 radical (unpaired) electrons. The Balaban J connectivity index is 0.00000220. The predicted molar refractivity (Wildman–Crippen MR) is 83.3 cm³/mol. The molecule has 0 aromatic heterocycles. The normalized spacial score (nSPS) is 21.2. The van der Waals surface area contributed by atoms with E-state index in [0.717, 1.165) is 19.4 Å². The van der Waals surface area contributed by atoms with E-state index in [1.54, 1.807) is 0 Å². The third kappa shape index (κ3) is 4.56. The minimum absolute atomic E-state index is 0. The number of piperidine rings is 1. The number of hydrogen-bond acceptors (Lipinski definition) is 4. The Kier molecular flexibility index (Phi) is 6.39. The van der Waals surface area contributed by atoms with Gasteiger partial charge in [-0.25, -0.2) is 0 Å². The maximum absolute atomic E-state index is 12.1. The van der Waals surface area contributed by atoms with E-state index in [9.17, 15) is 14.9 Å². The van der Waals surface area contributed by atoms with Crippen molar-refractivity contribution in [3.63, 3.8) is 0 Å². The summed E-state index contributed by atoms with van der Waals surface area (Å²) in [5.41, 5.74) is 0.144. The molecular formula is C13H17Cl2N3O3. The van der Waals surface area contributed by atoms with Gasteiger partial charge < -0.3 is 10.6 Å². The lowest BCUT2D eigenvalue weighted by Crippen LogP contribution is -2.46. The Morgan fingerprint density at radius 1 is 1.52 bits per heavy atom. The highest BCUT2D eigenvalue weighted by Gasteiger charge is 2.22. The van der Waals surface area contributed by atoms with Gasteiger partial charge in [-0.3, -0.25) is 14.9 Å². The Labute approximate surface area is 133 Å². The van der Waals surface area contributed by atoms with Crippen LogP contribution in [0.15, 0.2) is 18.2 Å². The van der Waals surface area contributed by atoms with Crippen molar-refractivity contribution >= 4 is 35.6 Å². The highest BCUT2D eigenvalue weighted by atomic mass is 35.5. The first-order chi connectivity index (χ1) is 9.47. The van der Waals surface area contributed by atoms with Crippen LogP contribution in [-0.2, 0) is 0 Å². The zero-order valence-electron chi connectivity index (χ0n) is 11.5. The van der Waals surface area contributed by atoms with Gasteiger partial charge in [0.15, 0.2) is 0 Å². The number of non-ortho nitro benzene ring substituents is 1. The highest BCUT2D eigenvalue weighted by molar-refractivity contribution is 6.34. The third-order valence-corrected chi connectivity index (χ3v) is 3.68. The number of nitrogens with zero attached hydrogens (tertiary/aromatic N) is 1. The van der Waals surface area contributed by atoms with E-state index in [4.69, 9.17) is 11.6 Å². The van der Waals surface area contributed by atoms with Crippen molar-refractivity contribution in [1.82, 2.24) is 10.6 Å². The van der Waals surface area contributed by atoms with Crippen LogP contribution in [-0.4, -0.2) is 29.5 Å². The fraction of sp³-hybridized carbons (Fsp3) is 0.462. The standard InChI is InChI=1S/C13H16ClN3O3.ClH/c1-8-6-9(4-5-15-8)16-13(18)11-3-2-10(17(19)20)7-12(11)14;/h2-3,7-9,15H,4-6H2,1H3,(H,16,18);1H. The van der Waals surface area contributed by atoms with Gasteiger partial charge in [0.25, 0.3) is 11.6 Å². The second-order valence-corrected chi connectivity index (χ2v) is 5.38. The van der Waals surface area contributed by atoms with Gasteiger partial charge in [0.05, 0.1) is 15.5 Å². The number of carbonyl (C=O) groups excluding carboxylic acids is 1. The first kappa shape index (κ1) is 17.7. The molecule has 2 atom stereocenters. The monoisotopic (exact) mass is 333 g/mol. The predicted octanol–water partition coefficient (Wildman–Crippen LogP) is 2.54. The second-order valence-electron chi connectivity index (χ2n) is 4.97. The molecule has 0 spiro atoms. The van der Waals surface area contributed by atoms with Gasteiger partial charge in [-0.1, -0.05) is 11.6 Å². The number of hydrogen-bond donors (Lipinski definition) is 2. The molecular weight excluding hydrogens is 317 g/mol. The number of rotatable bonds is 3. The number of halogens is 2. The largest absolute Gasteiger partial charge is 0.349 e. The van der Waals surface area contributed by atoms with Crippen molar-refractivity contribution in [2.45, 2.75) is 31.8 Å². The second kappa shape index (κ2) is 7.59. The SMILES string of the molecule is CC1CC(NC(=O)c2ccc([N+](=O)[O-])cc2Cl)CCN1.Cl. The van der Waals surface area contributed by atoms with E-state index in [0.29, 0.717) is 6.04 Å². The average Bonchev–Trinajstić information content (AvgIpc) is 2.38. The maximum Gasteiger partial charge on any atom is 0.270 e. The Hall–Kier alpha value is -1.37. The van der Waals surface area contributed by atoms with Crippen LogP contribution in [0.2, 0.25) is 5.02 Å². The van der Waals surface area contributed by atoms with Crippen LogP contribution < -0.4 is 10.6 Å². The molecule has 21 heavy (non-hydrogen) atoms. The molecule has 1 aromatic carbocycles. The molecule has 2 N–H and O–H groups in total. The molecule has 0 bridgehead atoms. The summed E-state index contributed by atoms with van der Waals surface area (Å²) in [6, 6.07) is 4.33. The van der Waals surface area contributed by atoms with Crippen molar-refractivity contribution in [3.05, 3.63) is 38.9 Å². The highest BCUT2D eigenvalue weighted by Crippen LogP contribution is 2.22. The van der Waals surface area contributed by atoms with Gasteiger partial charge in [0.1, 0.15) is 0 Å². The summed E-state index contributed by atoms with van der Waals surface area (Å²) in [7, 11) is 0. The van der Waals surface area contributed by atoms with Crippen LogP contribution in [0.5, 0.6) is 0 Å². The number of amides is 1. The lowest BCUT2D eigenvalue weighted by atomic mass is 10.0. The number of nitro benzene ring substituents is 1. The molecule has 1 fully saturated rings. The molecule has 1 amide bonds. The van der Waals surface area contributed by atoms with Gasteiger partial charge in [-0.15, -0.1) is 12.4 Å². The van der Waals surface area contributed by atoms with Crippen LogP contribution in [0.4, 0.5) is 5.69 Å². The van der Waals surface area contributed by atoms with Crippen LogP contribution >= 0.6 is 24.0 Å². The molecule has 1 aliphatic heterocycles. The molecule has 0 saturated carbocycles. The molecule has 2 unspecified atom stereocenters. The summed E-state index contributed by atoms with van der Waals surface area (Å²) in [6.07, 6.45) is 1.72. The summed E-state index contributed by atoms with van der Waals surface area (Å²) in [6.45, 7) is 2.93. The molecule has 0 aliphatic carbocycles. The molecule has 1 heterocycles. The summed E-state index contributed by atoms with van der Waals surface area (Å²) in [5.74, 6) is -0.288. The van der Waals surface area contributed by atoms with E-state index in [2.05, 4.69) is 17.6 Å². The van der Waals surface area contributed by atoms with E-state index in [1.165, 1.54) is 18.2 Å². The molecule has 2 rings (SSSR count). The lowest BCUT2D eigenvalue weighted by molar-refractivity contribution is -0.384. The first-order valence-corrected chi connectivity index (χ1v) is 6.83. The van der Waals surface area contributed by atoms with Crippen molar-refractivity contribution in [2.24, 2.45) is 0 Å². The van der Waals surface area contributed by atoms with Crippen LogP contribution in [0, 0.1) is 10.1 Å². The molecule has 116 valence electrons. The van der Waals surface area contributed by atoms with Crippen LogP contribution in [0.1, 0.15) is 30.1 Å². The minimum atomic E-state index is -0.540. The summed E-state index contributed by atoms with van der Waals surface area (Å²) in [5, 5.41) is 16.9. The minimum Gasteiger partial charge on any atom is -0.349 e. The Bertz CT molecular complexity index is 539.